The van der Waals surface area contributed by atoms with Crippen molar-refractivity contribution >= 4 is 45.0 Å². The predicted octanol–water partition coefficient (Wildman–Crippen LogP) is 5.13. The summed E-state index contributed by atoms with van der Waals surface area (Å²) in [5.41, 5.74) is 1.18. The van der Waals surface area contributed by atoms with Crippen LogP contribution in [0.3, 0.4) is 0 Å². The molecular formula is C25H34ClN3O5S. The quantitative estimate of drug-likeness (QED) is 0.326. The summed E-state index contributed by atoms with van der Waals surface area (Å²) in [5, 5.41) is 0.608. The van der Waals surface area contributed by atoms with Crippen LogP contribution in [-0.2, 0) is 0 Å². The molecule has 0 aliphatic heterocycles. The number of anilines is 1. The van der Waals surface area contributed by atoms with Gasteiger partial charge in [0.15, 0.2) is 16.6 Å². The van der Waals surface area contributed by atoms with E-state index >= 15 is 0 Å². The lowest BCUT2D eigenvalue weighted by molar-refractivity contribution is 0.0984. The maximum atomic E-state index is 13.9. The lowest BCUT2D eigenvalue weighted by atomic mass is 10.1. The molecule has 0 fully saturated rings. The predicted molar refractivity (Wildman–Crippen MR) is 144 cm³/mol. The molecule has 0 N–H and O–H groups in total. The number of ether oxygens (including phenoxy) is 4. The third-order valence-electron chi connectivity index (χ3n) is 4.99. The Balaban J connectivity index is 0.00000432. The van der Waals surface area contributed by atoms with Crippen LogP contribution < -0.4 is 23.8 Å². The van der Waals surface area contributed by atoms with Crippen LogP contribution in [0.4, 0.5) is 5.13 Å². The van der Waals surface area contributed by atoms with Gasteiger partial charge in [-0.2, -0.15) is 0 Å². The van der Waals surface area contributed by atoms with Gasteiger partial charge in [-0.3, -0.25) is 9.69 Å². The molecule has 10 heteroatoms. The van der Waals surface area contributed by atoms with E-state index in [0.29, 0.717) is 66.6 Å². The van der Waals surface area contributed by atoms with Gasteiger partial charge in [-0.1, -0.05) is 17.4 Å². The lowest BCUT2D eigenvalue weighted by Crippen LogP contribution is -2.36. The first-order valence-electron chi connectivity index (χ1n) is 11.4. The van der Waals surface area contributed by atoms with Crippen molar-refractivity contribution in [3.63, 3.8) is 0 Å². The highest BCUT2D eigenvalue weighted by atomic mass is 35.5. The number of halogens is 1. The minimum atomic E-state index is -0.190. The van der Waals surface area contributed by atoms with E-state index in [1.54, 1.807) is 24.1 Å². The molecule has 0 aliphatic rings. The highest BCUT2D eigenvalue weighted by Gasteiger charge is 2.25. The zero-order valence-electron chi connectivity index (χ0n) is 21.1. The van der Waals surface area contributed by atoms with Crippen LogP contribution >= 0.6 is 23.7 Å². The van der Waals surface area contributed by atoms with Crippen LogP contribution in [0.1, 0.15) is 31.1 Å². The molecule has 1 aromatic heterocycles. The van der Waals surface area contributed by atoms with Crippen molar-refractivity contribution < 1.29 is 23.7 Å². The van der Waals surface area contributed by atoms with Crippen LogP contribution in [0.2, 0.25) is 0 Å². The number of benzene rings is 2. The molecular weight excluding hydrogens is 490 g/mol. The van der Waals surface area contributed by atoms with Crippen molar-refractivity contribution in [1.82, 2.24) is 9.88 Å². The first-order valence-corrected chi connectivity index (χ1v) is 12.2. The van der Waals surface area contributed by atoms with Crippen molar-refractivity contribution in [2.24, 2.45) is 0 Å². The van der Waals surface area contributed by atoms with Gasteiger partial charge in [0.05, 0.1) is 31.6 Å². The van der Waals surface area contributed by atoms with Crippen molar-refractivity contribution in [3.8, 4) is 23.0 Å². The summed E-state index contributed by atoms with van der Waals surface area (Å²) in [6, 6.07) is 9.20. The molecule has 0 radical (unpaired) electrons. The summed E-state index contributed by atoms with van der Waals surface area (Å²) >= 11 is 1.46. The van der Waals surface area contributed by atoms with Gasteiger partial charge in [-0.15, -0.1) is 12.4 Å². The Morgan fingerprint density at radius 3 is 2.11 bits per heavy atom. The summed E-state index contributed by atoms with van der Waals surface area (Å²) in [7, 11) is 5.57. The molecule has 192 valence electrons. The average Bonchev–Trinajstić information content (AvgIpc) is 3.25. The zero-order valence-corrected chi connectivity index (χ0v) is 22.8. The normalized spacial score (nSPS) is 10.7. The second-order valence-electron chi connectivity index (χ2n) is 7.66. The molecule has 1 heterocycles. The minimum absolute atomic E-state index is 0. The van der Waals surface area contributed by atoms with Crippen LogP contribution in [0.15, 0.2) is 30.3 Å². The number of likely N-dealkylation sites (N-methyl/N-ethyl adjacent to an activating group) is 1. The maximum absolute atomic E-state index is 13.9. The molecule has 0 aliphatic carbocycles. The number of thiazole rings is 1. The van der Waals surface area contributed by atoms with E-state index in [4.69, 9.17) is 23.9 Å². The van der Waals surface area contributed by atoms with Crippen molar-refractivity contribution in [3.05, 3.63) is 35.9 Å². The Morgan fingerprint density at radius 1 is 0.943 bits per heavy atom. The van der Waals surface area contributed by atoms with Crippen molar-refractivity contribution in [1.29, 1.82) is 0 Å². The number of methoxy groups -OCH3 is 1. The zero-order chi connectivity index (χ0) is 24.7. The fraction of sp³-hybridized carbons (Fsp3) is 0.440. The topological polar surface area (TPSA) is 73.4 Å². The Kier molecular flexibility index (Phi) is 10.9. The number of carbonyl (C=O) groups is 1. The SMILES string of the molecule is CCOc1cc(C(=O)N(CCN(C)C)c2nc3c(OC)cccc3s2)cc(OCC)c1OCC.Cl. The second kappa shape index (κ2) is 13.4. The van der Waals surface area contributed by atoms with Crippen LogP contribution in [0.25, 0.3) is 10.2 Å². The Morgan fingerprint density at radius 2 is 1.57 bits per heavy atom. The number of amides is 1. The Bertz CT molecular complexity index is 1090. The van der Waals surface area contributed by atoms with Gasteiger partial charge in [-0.05, 0) is 59.1 Å². The summed E-state index contributed by atoms with van der Waals surface area (Å²) in [6.45, 7) is 8.15. The standard InChI is InChI=1S/C25H33N3O5S.ClH/c1-7-31-19-15-17(16-20(32-8-2)23(19)33-9-3)24(29)28(14-13-27(4)5)25-26-22-18(30-6)11-10-12-21(22)34-25;/h10-12,15-16H,7-9,13-14H2,1-6H3;1H. The number of para-hydroxylation sites is 1. The van der Waals surface area contributed by atoms with E-state index < -0.39 is 0 Å². The van der Waals surface area contributed by atoms with E-state index in [0.717, 1.165) is 10.2 Å². The molecule has 0 bridgehead atoms. The summed E-state index contributed by atoms with van der Waals surface area (Å²) in [6.07, 6.45) is 0. The Labute approximate surface area is 217 Å². The summed E-state index contributed by atoms with van der Waals surface area (Å²) in [5.74, 6) is 1.96. The molecule has 35 heavy (non-hydrogen) atoms. The van der Waals surface area contributed by atoms with E-state index in [1.807, 2.05) is 58.0 Å². The highest BCUT2D eigenvalue weighted by Crippen LogP contribution is 2.40. The molecule has 3 rings (SSSR count). The van der Waals surface area contributed by atoms with E-state index in [1.165, 1.54) is 11.3 Å². The molecule has 0 atom stereocenters. The van der Waals surface area contributed by atoms with E-state index in [-0.39, 0.29) is 18.3 Å². The molecule has 1 amide bonds. The lowest BCUT2D eigenvalue weighted by Gasteiger charge is -2.23. The fourth-order valence-electron chi connectivity index (χ4n) is 3.44. The first kappa shape index (κ1) is 28.5. The van der Waals surface area contributed by atoms with Gasteiger partial charge in [0, 0.05) is 18.7 Å². The summed E-state index contributed by atoms with van der Waals surface area (Å²) in [4.78, 5) is 22.4. The van der Waals surface area contributed by atoms with Gasteiger partial charge in [0.2, 0.25) is 5.75 Å². The number of rotatable bonds is 12. The molecule has 0 saturated heterocycles. The number of aromatic nitrogens is 1. The third kappa shape index (κ3) is 6.68. The fourth-order valence-corrected chi connectivity index (χ4v) is 4.45. The van der Waals surface area contributed by atoms with Gasteiger partial charge in [-0.25, -0.2) is 4.98 Å². The van der Waals surface area contributed by atoms with Gasteiger partial charge in [0.1, 0.15) is 11.3 Å². The number of carbonyl (C=O) groups excluding carboxylic acids is 1. The smallest absolute Gasteiger partial charge is 0.260 e. The van der Waals surface area contributed by atoms with Gasteiger partial charge >= 0.3 is 0 Å². The second-order valence-corrected chi connectivity index (χ2v) is 8.67. The molecule has 3 aromatic rings. The summed E-state index contributed by atoms with van der Waals surface area (Å²) < 4.78 is 23.8. The van der Waals surface area contributed by atoms with Crippen molar-refractivity contribution in [2.45, 2.75) is 20.8 Å². The number of fused-ring (bicyclic) bond motifs is 1. The minimum Gasteiger partial charge on any atom is -0.494 e. The molecule has 0 spiro atoms. The number of hydrogen-bond donors (Lipinski definition) is 0. The average molecular weight is 524 g/mol. The monoisotopic (exact) mass is 523 g/mol. The van der Waals surface area contributed by atoms with Crippen molar-refractivity contribution in [2.75, 3.05) is 59.0 Å². The third-order valence-corrected chi connectivity index (χ3v) is 6.04. The number of hydrogen-bond acceptors (Lipinski definition) is 8. The van der Waals surface area contributed by atoms with E-state index in [9.17, 15) is 4.79 Å². The van der Waals surface area contributed by atoms with Gasteiger partial charge in [0.25, 0.3) is 5.91 Å². The van der Waals surface area contributed by atoms with Crippen LogP contribution in [-0.4, -0.2) is 69.9 Å². The molecule has 2 aromatic carbocycles. The van der Waals surface area contributed by atoms with Crippen LogP contribution in [0, 0.1) is 0 Å². The number of nitrogens with zero attached hydrogens (tertiary/aromatic N) is 3. The highest BCUT2D eigenvalue weighted by molar-refractivity contribution is 7.22. The van der Waals surface area contributed by atoms with E-state index in [2.05, 4.69) is 0 Å². The molecule has 0 unspecified atom stereocenters. The largest absolute Gasteiger partial charge is 0.494 e. The molecule has 8 nitrogen and oxygen atoms in total. The molecule has 0 saturated carbocycles. The first-order chi connectivity index (χ1) is 16.4. The Hall–Kier alpha value is -2.75. The maximum Gasteiger partial charge on any atom is 0.260 e. The van der Waals surface area contributed by atoms with Crippen LogP contribution in [0.5, 0.6) is 23.0 Å². The van der Waals surface area contributed by atoms with Gasteiger partial charge < -0.3 is 23.8 Å².